The molecule has 0 aromatic carbocycles. The molecule has 1 saturated heterocycles. The van der Waals surface area contributed by atoms with Gasteiger partial charge in [0.1, 0.15) is 0 Å². The molecule has 0 radical (unpaired) electrons. The molecule has 2 rings (SSSR count). The molecule has 24 heavy (non-hydrogen) atoms. The molecule has 1 aromatic heterocycles. The standard InChI is InChI=1S/C16H23F2N3O3/c1-11-8-20(9-12(2)21(11)5-6-22)16(23)13-3-4-15(19-7-13)24-10-14(17)18/h3-4,7,11-12,14,22H,5-6,8-10H2,1-2H3/t11-,12+. The van der Waals surface area contributed by atoms with E-state index in [0.29, 0.717) is 25.2 Å². The van der Waals surface area contributed by atoms with E-state index in [1.54, 1.807) is 4.90 Å². The molecule has 134 valence electrons. The molecule has 2 heterocycles. The van der Waals surface area contributed by atoms with Crippen LogP contribution in [0.5, 0.6) is 5.88 Å². The number of piperazine rings is 1. The van der Waals surface area contributed by atoms with Gasteiger partial charge in [0.05, 0.1) is 12.2 Å². The molecule has 1 N–H and O–H groups in total. The predicted octanol–water partition coefficient (Wildman–Crippen LogP) is 1.25. The maximum absolute atomic E-state index is 12.6. The number of β-amino-alcohol motifs (C(OH)–C–C–N with tert-alkyl or cyclic N) is 1. The Kier molecular flexibility index (Phi) is 6.44. The van der Waals surface area contributed by atoms with Crippen molar-refractivity contribution in [2.75, 3.05) is 32.8 Å². The van der Waals surface area contributed by atoms with Gasteiger partial charge in [-0.15, -0.1) is 0 Å². The van der Waals surface area contributed by atoms with Crippen LogP contribution in [0.2, 0.25) is 0 Å². The van der Waals surface area contributed by atoms with Crippen molar-refractivity contribution in [2.24, 2.45) is 0 Å². The van der Waals surface area contributed by atoms with Crippen molar-refractivity contribution < 1.29 is 23.4 Å². The molecule has 0 aliphatic carbocycles. The van der Waals surface area contributed by atoms with E-state index in [9.17, 15) is 13.6 Å². The van der Waals surface area contributed by atoms with Crippen molar-refractivity contribution in [3.05, 3.63) is 23.9 Å². The minimum atomic E-state index is -2.56. The number of aliphatic hydroxyl groups excluding tert-OH is 1. The molecular weight excluding hydrogens is 320 g/mol. The third-order valence-corrected chi connectivity index (χ3v) is 4.09. The SMILES string of the molecule is C[C@@H]1CN(C(=O)c2ccc(OCC(F)F)nc2)C[C@H](C)N1CCO. The Hall–Kier alpha value is -1.80. The molecule has 8 heteroatoms. The number of aliphatic hydroxyl groups is 1. The van der Waals surface area contributed by atoms with E-state index in [0.717, 1.165) is 0 Å². The smallest absolute Gasteiger partial charge is 0.272 e. The van der Waals surface area contributed by atoms with Crippen molar-refractivity contribution in [2.45, 2.75) is 32.4 Å². The van der Waals surface area contributed by atoms with E-state index in [1.165, 1.54) is 18.3 Å². The average molecular weight is 343 g/mol. The first kappa shape index (κ1) is 18.5. The molecule has 1 aliphatic rings. The van der Waals surface area contributed by atoms with Crippen LogP contribution in [0.25, 0.3) is 0 Å². The number of halogens is 2. The zero-order valence-corrected chi connectivity index (χ0v) is 13.9. The Bertz CT molecular complexity index is 530. The lowest BCUT2D eigenvalue weighted by Gasteiger charge is -2.44. The van der Waals surface area contributed by atoms with Gasteiger partial charge < -0.3 is 14.7 Å². The van der Waals surface area contributed by atoms with Crippen LogP contribution in [0.15, 0.2) is 18.3 Å². The van der Waals surface area contributed by atoms with Gasteiger partial charge >= 0.3 is 0 Å². The first-order chi connectivity index (χ1) is 11.4. The van der Waals surface area contributed by atoms with E-state index >= 15 is 0 Å². The number of ether oxygens (including phenoxy) is 1. The Morgan fingerprint density at radius 2 is 2.04 bits per heavy atom. The monoisotopic (exact) mass is 343 g/mol. The molecule has 1 fully saturated rings. The van der Waals surface area contributed by atoms with E-state index in [-0.39, 0.29) is 30.5 Å². The van der Waals surface area contributed by atoms with Crippen molar-refractivity contribution in [3.8, 4) is 5.88 Å². The highest BCUT2D eigenvalue weighted by molar-refractivity contribution is 5.94. The maximum atomic E-state index is 12.6. The van der Waals surface area contributed by atoms with E-state index in [4.69, 9.17) is 9.84 Å². The van der Waals surface area contributed by atoms with Crippen LogP contribution in [0, 0.1) is 0 Å². The first-order valence-corrected chi connectivity index (χ1v) is 7.95. The quantitative estimate of drug-likeness (QED) is 0.842. The van der Waals surface area contributed by atoms with E-state index < -0.39 is 13.0 Å². The lowest BCUT2D eigenvalue weighted by molar-refractivity contribution is 0.0236. The lowest BCUT2D eigenvalue weighted by atomic mass is 10.1. The Morgan fingerprint density at radius 1 is 1.38 bits per heavy atom. The van der Waals surface area contributed by atoms with Crippen LogP contribution < -0.4 is 4.74 Å². The zero-order chi connectivity index (χ0) is 17.7. The third-order valence-electron chi connectivity index (χ3n) is 4.09. The molecular formula is C16H23F2N3O3. The Balaban J connectivity index is 1.99. The molecule has 0 saturated carbocycles. The summed E-state index contributed by atoms with van der Waals surface area (Å²) in [5.41, 5.74) is 0.398. The summed E-state index contributed by atoms with van der Waals surface area (Å²) in [6, 6.07) is 3.24. The molecule has 6 nitrogen and oxygen atoms in total. The number of pyridine rings is 1. The highest BCUT2D eigenvalue weighted by Gasteiger charge is 2.31. The van der Waals surface area contributed by atoms with Crippen LogP contribution in [0.3, 0.4) is 0 Å². The fourth-order valence-electron chi connectivity index (χ4n) is 3.00. The van der Waals surface area contributed by atoms with Crippen LogP contribution in [-0.4, -0.2) is 77.2 Å². The van der Waals surface area contributed by atoms with E-state index in [2.05, 4.69) is 9.88 Å². The largest absolute Gasteiger partial charge is 0.472 e. The number of amides is 1. The second-order valence-electron chi connectivity index (χ2n) is 5.96. The molecule has 1 amide bonds. The van der Waals surface area contributed by atoms with Crippen molar-refractivity contribution in [1.82, 2.24) is 14.8 Å². The second kappa shape index (κ2) is 8.34. The van der Waals surface area contributed by atoms with Crippen LogP contribution in [0.4, 0.5) is 8.78 Å². The molecule has 1 aliphatic heterocycles. The third kappa shape index (κ3) is 4.61. The number of nitrogens with zero attached hydrogens (tertiary/aromatic N) is 3. The van der Waals surface area contributed by atoms with Crippen LogP contribution in [-0.2, 0) is 0 Å². The summed E-state index contributed by atoms with van der Waals surface area (Å²) >= 11 is 0. The lowest BCUT2D eigenvalue weighted by Crippen LogP contribution is -2.58. The normalized spacial score (nSPS) is 22.0. The molecule has 1 aromatic rings. The topological polar surface area (TPSA) is 65.9 Å². The summed E-state index contributed by atoms with van der Waals surface area (Å²) < 4.78 is 29.0. The summed E-state index contributed by atoms with van der Waals surface area (Å²) in [7, 11) is 0. The van der Waals surface area contributed by atoms with Gasteiger partial charge in [0.25, 0.3) is 12.3 Å². The Morgan fingerprint density at radius 3 is 2.54 bits per heavy atom. The molecule has 0 spiro atoms. The van der Waals surface area contributed by atoms with Crippen LogP contribution >= 0.6 is 0 Å². The highest BCUT2D eigenvalue weighted by atomic mass is 19.3. The molecule has 0 unspecified atom stereocenters. The van der Waals surface area contributed by atoms with Crippen molar-refractivity contribution in [1.29, 1.82) is 0 Å². The maximum Gasteiger partial charge on any atom is 0.272 e. The van der Waals surface area contributed by atoms with Gasteiger partial charge in [0.2, 0.25) is 5.88 Å². The molecule has 0 bridgehead atoms. The number of rotatable bonds is 6. The average Bonchev–Trinajstić information content (AvgIpc) is 2.56. The van der Waals surface area contributed by atoms with Gasteiger partial charge in [0, 0.05) is 44.0 Å². The number of aromatic nitrogens is 1. The minimum Gasteiger partial charge on any atom is -0.472 e. The fourth-order valence-corrected chi connectivity index (χ4v) is 3.00. The van der Waals surface area contributed by atoms with Gasteiger partial charge in [-0.05, 0) is 19.9 Å². The summed E-state index contributed by atoms with van der Waals surface area (Å²) in [4.78, 5) is 20.4. The minimum absolute atomic E-state index is 0.0707. The van der Waals surface area contributed by atoms with E-state index in [1.807, 2.05) is 13.8 Å². The highest BCUT2D eigenvalue weighted by Crippen LogP contribution is 2.18. The molecule has 2 atom stereocenters. The van der Waals surface area contributed by atoms with Gasteiger partial charge in [-0.1, -0.05) is 0 Å². The van der Waals surface area contributed by atoms with Gasteiger partial charge in [-0.3, -0.25) is 9.69 Å². The number of alkyl halides is 2. The van der Waals surface area contributed by atoms with Crippen molar-refractivity contribution in [3.63, 3.8) is 0 Å². The summed E-state index contributed by atoms with van der Waals surface area (Å²) in [5.74, 6) is -0.0772. The number of hydrogen-bond acceptors (Lipinski definition) is 5. The van der Waals surface area contributed by atoms with Crippen molar-refractivity contribution >= 4 is 5.91 Å². The second-order valence-corrected chi connectivity index (χ2v) is 5.96. The Labute approximate surface area is 140 Å². The van der Waals surface area contributed by atoms with Crippen LogP contribution in [0.1, 0.15) is 24.2 Å². The van der Waals surface area contributed by atoms with Gasteiger partial charge in [-0.25, -0.2) is 13.8 Å². The number of hydrogen-bond donors (Lipinski definition) is 1. The first-order valence-electron chi connectivity index (χ1n) is 7.95. The van der Waals surface area contributed by atoms with Gasteiger partial charge in [0.15, 0.2) is 6.61 Å². The zero-order valence-electron chi connectivity index (χ0n) is 13.9. The summed E-state index contributed by atoms with van der Waals surface area (Å²) in [6.07, 6.45) is -1.22. The summed E-state index contributed by atoms with van der Waals surface area (Å²) in [6.45, 7) is 5.12. The number of carbonyl (C=O) groups is 1. The summed E-state index contributed by atoms with van der Waals surface area (Å²) in [5, 5.41) is 9.12. The predicted molar refractivity (Wildman–Crippen MR) is 84.4 cm³/mol. The van der Waals surface area contributed by atoms with Gasteiger partial charge in [-0.2, -0.15) is 0 Å². The fraction of sp³-hybridized carbons (Fsp3) is 0.625. The number of carbonyl (C=O) groups excluding carboxylic acids is 1.